The smallest absolute Gasteiger partial charge is 0.123 e. The van der Waals surface area contributed by atoms with Crippen LogP contribution in [0.3, 0.4) is 0 Å². The molecular formula is C15H23FN2O. The fourth-order valence-corrected chi connectivity index (χ4v) is 2.79. The first-order valence-corrected chi connectivity index (χ1v) is 6.81. The summed E-state index contributed by atoms with van der Waals surface area (Å²) in [6, 6.07) is 4.85. The van der Waals surface area contributed by atoms with E-state index in [0.717, 1.165) is 43.6 Å². The zero-order valence-corrected chi connectivity index (χ0v) is 11.8. The van der Waals surface area contributed by atoms with Crippen LogP contribution in [0.2, 0.25) is 0 Å². The van der Waals surface area contributed by atoms with Gasteiger partial charge in [0.1, 0.15) is 5.82 Å². The van der Waals surface area contributed by atoms with Crippen molar-refractivity contribution in [2.75, 3.05) is 20.2 Å². The summed E-state index contributed by atoms with van der Waals surface area (Å²) < 4.78 is 19.0. The molecule has 0 aromatic heterocycles. The second-order valence-electron chi connectivity index (χ2n) is 5.59. The van der Waals surface area contributed by atoms with E-state index in [1.54, 1.807) is 19.2 Å². The normalized spacial score (nSPS) is 24.6. The predicted octanol–water partition coefficient (Wildman–Crippen LogP) is 2.29. The number of piperidine rings is 1. The van der Waals surface area contributed by atoms with E-state index in [1.807, 2.05) is 0 Å². The van der Waals surface area contributed by atoms with Crippen molar-refractivity contribution in [3.63, 3.8) is 0 Å². The van der Waals surface area contributed by atoms with E-state index in [1.165, 1.54) is 6.07 Å². The van der Waals surface area contributed by atoms with E-state index < -0.39 is 0 Å². The molecule has 0 spiro atoms. The van der Waals surface area contributed by atoms with Crippen LogP contribution in [0.1, 0.15) is 30.9 Å². The molecule has 1 aliphatic heterocycles. The molecule has 0 aliphatic carbocycles. The van der Waals surface area contributed by atoms with Gasteiger partial charge >= 0.3 is 0 Å². The van der Waals surface area contributed by atoms with E-state index in [9.17, 15) is 4.39 Å². The average molecular weight is 266 g/mol. The minimum absolute atomic E-state index is 0.0888. The van der Waals surface area contributed by atoms with Gasteiger partial charge in [0.25, 0.3) is 0 Å². The molecule has 1 aromatic rings. The Morgan fingerprint density at radius 1 is 1.42 bits per heavy atom. The van der Waals surface area contributed by atoms with Crippen LogP contribution in [0, 0.1) is 5.82 Å². The number of benzene rings is 1. The van der Waals surface area contributed by atoms with Crippen molar-refractivity contribution < 1.29 is 9.13 Å². The van der Waals surface area contributed by atoms with Crippen LogP contribution in [0.15, 0.2) is 18.2 Å². The van der Waals surface area contributed by atoms with Gasteiger partial charge in [0.2, 0.25) is 0 Å². The molecule has 1 fully saturated rings. The van der Waals surface area contributed by atoms with Crippen molar-refractivity contribution in [1.82, 2.24) is 4.90 Å². The van der Waals surface area contributed by atoms with E-state index in [4.69, 9.17) is 10.5 Å². The Morgan fingerprint density at radius 2 is 2.21 bits per heavy atom. The monoisotopic (exact) mass is 266 g/mol. The number of methoxy groups -OCH3 is 1. The number of hydrogen-bond donors (Lipinski definition) is 1. The molecule has 1 unspecified atom stereocenters. The Hall–Kier alpha value is -0.970. The van der Waals surface area contributed by atoms with Crippen molar-refractivity contribution >= 4 is 0 Å². The third kappa shape index (κ3) is 3.53. The van der Waals surface area contributed by atoms with Crippen molar-refractivity contribution in [1.29, 1.82) is 0 Å². The average Bonchev–Trinajstić information content (AvgIpc) is 2.39. The first kappa shape index (κ1) is 14.4. The van der Waals surface area contributed by atoms with E-state index in [0.29, 0.717) is 6.54 Å². The van der Waals surface area contributed by atoms with Gasteiger partial charge in [-0.2, -0.15) is 0 Å². The molecule has 2 rings (SSSR count). The van der Waals surface area contributed by atoms with Crippen LogP contribution in [-0.2, 0) is 17.8 Å². The fourth-order valence-electron chi connectivity index (χ4n) is 2.79. The number of likely N-dealkylation sites (tertiary alicyclic amines) is 1. The molecule has 0 amide bonds. The predicted molar refractivity (Wildman–Crippen MR) is 74.2 cm³/mol. The molecule has 3 nitrogen and oxygen atoms in total. The molecule has 2 N–H and O–H groups in total. The van der Waals surface area contributed by atoms with Gasteiger partial charge in [0.15, 0.2) is 0 Å². The molecule has 4 heteroatoms. The first-order chi connectivity index (χ1) is 9.06. The molecule has 1 aromatic carbocycles. The maximum Gasteiger partial charge on any atom is 0.123 e. The fraction of sp³-hybridized carbons (Fsp3) is 0.600. The van der Waals surface area contributed by atoms with E-state index in [-0.39, 0.29) is 11.4 Å². The quantitative estimate of drug-likeness (QED) is 0.908. The summed E-state index contributed by atoms with van der Waals surface area (Å²) >= 11 is 0. The van der Waals surface area contributed by atoms with Crippen LogP contribution in [0.4, 0.5) is 4.39 Å². The molecule has 0 radical (unpaired) electrons. The van der Waals surface area contributed by atoms with Crippen LogP contribution in [0.5, 0.6) is 0 Å². The van der Waals surface area contributed by atoms with Crippen molar-refractivity contribution in [2.24, 2.45) is 5.73 Å². The number of halogens is 1. The number of ether oxygens (including phenoxy) is 1. The summed E-state index contributed by atoms with van der Waals surface area (Å²) in [6.45, 7) is 5.23. The van der Waals surface area contributed by atoms with Gasteiger partial charge in [0, 0.05) is 26.7 Å². The highest BCUT2D eigenvalue weighted by molar-refractivity contribution is 5.27. The summed E-state index contributed by atoms with van der Waals surface area (Å²) in [5.74, 6) is -0.196. The summed E-state index contributed by atoms with van der Waals surface area (Å²) in [5.41, 5.74) is 7.64. The van der Waals surface area contributed by atoms with Crippen LogP contribution < -0.4 is 5.73 Å². The molecule has 0 saturated carbocycles. The minimum Gasteiger partial charge on any atom is -0.377 e. The highest BCUT2D eigenvalue weighted by Crippen LogP contribution is 2.25. The number of nitrogens with zero attached hydrogens (tertiary/aromatic N) is 1. The summed E-state index contributed by atoms with van der Waals surface area (Å²) in [6.07, 6.45) is 2.19. The number of rotatable bonds is 4. The third-order valence-corrected chi connectivity index (χ3v) is 4.01. The molecule has 1 heterocycles. The lowest BCUT2D eigenvalue weighted by atomic mass is 9.94. The van der Waals surface area contributed by atoms with Crippen LogP contribution in [-0.4, -0.2) is 30.7 Å². The van der Waals surface area contributed by atoms with Gasteiger partial charge in [-0.05, 0) is 49.6 Å². The van der Waals surface area contributed by atoms with Gasteiger partial charge in [-0.1, -0.05) is 6.07 Å². The molecule has 1 atom stereocenters. The molecule has 19 heavy (non-hydrogen) atoms. The Bertz CT molecular complexity index is 438. The maximum absolute atomic E-state index is 13.4. The maximum atomic E-state index is 13.4. The Labute approximate surface area is 114 Å². The standard InChI is InChI=1S/C15H23FN2O/c1-15(19-2)6-3-7-18(11-15)10-13-8-14(16)5-4-12(13)9-17/h4-5,8H,3,6-7,9-11,17H2,1-2H3. The second-order valence-corrected chi connectivity index (χ2v) is 5.59. The lowest BCUT2D eigenvalue weighted by Gasteiger charge is -2.39. The van der Waals surface area contributed by atoms with Gasteiger partial charge in [0.05, 0.1) is 5.60 Å². The van der Waals surface area contributed by atoms with E-state index in [2.05, 4.69) is 11.8 Å². The lowest BCUT2D eigenvalue weighted by molar-refractivity contribution is -0.0527. The van der Waals surface area contributed by atoms with Crippen molar-refractivity contribution in [2.45, 2.75) is 38.5 Å². The summed E-state index contributed by atoms with van der Waals surface area (Å²) in [5, 5.41) is 0. The topological polar surface area (TPSA) is 38.5 Å². The van der Waals surface area contributed by atoms with Gasteiger partial charge in [-0.25, -0.2) is 4.39 Å². The Morgan fingerprint density at radius 3 is 2.89 bits per heavy atom. The Kier molecular flexibility index (Phi) is 4.55. The van der Waals surface area contributed by atoms with E-state index >= 15 is 0 Å². The summed E-state index contributed by atoms with van der Waals surface area (Å²) in [7, 11) is 1.76. The van der Waals surface area contributed by atoms with Crippen LogP contribution in [0.25, 0.3) is 0 Å². The Balaban J connectivity index is 2.10. The van der Waals surface area contributed by atoms with Gasteiger partial charge in [-0.3, -0.25) is 4.90 Å². The second kappa shape index (κ2) is 5.99. The molecule has 0 bridgehead atoms. The number of nitrogens with two attached hydrogens (primary N) is 1. The van der Waals surface area contributed by atoms with Crippen LogP contribution >= 0.6 is 0 Å². The molecule has 1 saturated heterocycles. The minimum atomic E-state index is -0.196. The number of hydrogen-bond acceptors (Lipinski definition) is 3. The van der Waals surface area contributed by atoms with Crippen molar-refractivity contribution in [3.8, 4) is 0 Å². The van der Waals surface area contributed by atoms with Gasteiger partial charge in [-0.15, -0.1) is 0 Å². The van der Waals surface area contributed by atoms with Crippen molar-refractivity contribution in [3.05, 3.63) is 35.1 Å². The highest BCUT2D eigenvalue weighted by atomic mass is 19.1. The van der Waals surface area contributed by atoms with Gasteiger partial charge < -0.3 is 10.5 Å². The zero-order chi connectivity index (χ0) is 13.9. The third-order valence-electron chi connectivity index (χ3n) is 4.01. The molecular weight excluding hydrogens is 243 g/mol. The summed E-state index contributed by atoms with van der Waals surface area (Å²) in [4.78, 5) is 2.32. The SMILES string of the molecule is COC1(C)CCCN(Cc2cc(F)ccc2CN)C1. The first-order valence-electron chi connectivity index (χ1n) is 6.81. The zero-order valence-electron chi connectivity index (χ0n) is 11.8. The molecule has 106 valence electrons. The molecule has 1 aliphatic rings. The lowest BCUT2D eigenvalue weighted by Crippen LogP contribution is -2.47. The largest absolute Gasteiger partial charge is 0.377 e. The highest BCUT2D eigenvalue weighted by Gasteiger charge is 2.30.